The molecule has 0 atom stereocenters. The summed E-state index contributed by atoms with van der Waals surface area (Å²) in [7, 11) is 1.66. The van der Waals surface area contributed by atoms with Crippen molar-refractivity contribution >= 4 is 17.6 Å². The first-order chi connectivity index (χ1) is 9.51. The van der Waals surface area contributed by atoms with Gasteiger partial charge in [-0.05, 0) is 25.1 Å². The minimum atomic E-state index is -0.538. The molecule has 1 aromatic heterocycles. The first kappa shape index (κ1) is 14.5. The van der Waals surface area contributed by atoms with Crippen molar-refractivity contribution < 1.29 is 13.9 Å². The van der Waals surface area contributed by atoms with Gasteiger partial charge in [0.1, 0.15) is 18.1 Å². The smallest absolute Gasteiger partial charge is 0.313 e. The van der Waals surface area contributed by atoms with Gasteiger partial charge < -0.3 is 4.74 Å². The molecule has 2 aromatic rings. The lowest BCUT2D eigenvalue weighted by atomic mass is 10.2. The zero-order valence-corrected chi connectivity index (χ0v) is 11.8. The summed E-state index contributed by atoms with van der Waals surface area (Å²) in [5.41, 5.74) is 0.498. The molecule has 0 bridgehead atoms. The number of aryl methyl sites for hydroxylation is 1. The van der Waals surface area contributed by atoms with Crippen molar-refractivity contribution in [1.82, 2.24) is 14.8 Å². The summed E-state index contributed by atoms with van der Waals surface area (Å²) < 4.78 is 19.7. The summed E-state index contributed by atoms with van der Waals surface area (Å²) >= 11 is 5.63. The molecule has 0 aliphatic carbocycles. The molecule has 2 rings (SSSR count). The van der Waals surface area contributed by atoms with E-state index in [9.17, 15) is 9.18 Å². The van der Waals surface area contributed by atoms with Gasteiger partial charge >= 0.3 is 5.97 Å². The highest BCUT2D eigenvalue weighted by Crippen LogP contribution is 2.22. The van der Waals surface area contributed by atoms with Gasteiger partial charge in [0.15, 0.2) is 5.82 Å². The number of aromatic nitrogens is 3. The predicted molar refractivity (Wildman–Crippen MR) is 71.7 cm³/mol. The van der Waals surface area contributed by atoms with E-state index in [0.717, 1.165) is 0 Å². The third-order valence-corrected chi connectivity index (χ3v) is 2.95. The second-order valence-electron chi connectivity index (χ2n) is 4.09. The van der Waals surface area contributed by atoms with Gasteiger partial charge in [-0.3, -0.25) is 9.48 Å². The van der Waals surface area contributed by atoms with Gasteiger partial charge in [0, 0.05) is 12.6 Å². The fourth-order valence-electron chi connectivity index (χ4n) is 1.67. The summed E-state index contributed by atoms with van der Waals surface area (Å²) in [5, 5.41) is 4.19. The summed E-state index contributed by atoms with van der Waals surface area (Å²) in [6, 6.07) is 4.31. The first-order valence-electron chi connectivity index (χ1n) is 6.02. The molecule has 0 fully saturated rings. The van der Waals surface area contributed by atoms with Crippen LogP contribution in [0.5, 0.6) is 0 Å². The SMILES string of the molecule is CCOC(=O)Cc1nc(-c2ccc(Cl)c(F)c2)nn1C. The summed E-state index contributed by atoms with van der Waals surface area (Å²) in [6.45, 7) is 2.04. The molecule has 0 aliphatic heterocycles. The van der Waals surface area contributed by atoms with Crippen LogP contribution in [0.25, 0.3) is 11.4 Å². The van der Waals surface area contributed by atoms with Crippen molar-refractivity contribution in [3.8, 4) is 11.4 Å². The summed E-state index contributed by atoms with van der Waals surface area (Å²) in [5.74, 6) is -0.128. The van der Waals surface area contributed by atoms with Gasteiger partial charge in [0.05, 0.1) is 11.6 Å². The van der Waals surface area contributed by atoms with Crippen LogP contribution in [0.2, 0.25) is 5.02 Å². The Labute approximate surface area is 120 Å². The fraction of sp³-hybridized carbons (Fsp3) is 0.308. The van der Waals surface area contributed by atoms with Gasteiger partial charge in [-0.15, -0.1) is 0 Å². The van der Waals surface area contributed by atoms with E-state index < -0.39 is 5.82 Å². The van der Waals surface area contributed by atoms with Crippen molar-refractivity contribution in [3.63, 3.8) is 0 Å². The third-order valence-electron chi connectivity index (χ3n) is 2.64. The molecule has 0 radical (unpaired) electrons. The number of ether oxygens (including phenoxy) is 1. The zero-order chi connectivity index (χ0) is 14.7. The molecule has 0 saturated carbocycles. The fourth-order valence-corrected chi connectivity index (χ4v) is 1.79. The molecule has 0 N–H and O–H groups in total. The number of hydrogen-bond acceptors (Lipinski definition) is 4. The minimum absolute atomic E-state index is 0.0212. The largest absolute Gasteiger partial charge is 0.466 e. The molecule has 0 unspecified atom stereocenters. The van der Waals surface area contributed by atoms with Crippen LogP contribution in [0.1, 0.15) is 12.7 Å². The van der Waals surface area contributed by atoms with Crippen LogP contribution in [0.3, 0.4) is 0 Å². The van der Waals surface area contributed by atoms with Crippen LogP contribution in [-0.4, -0.2) is 27.3 Å². The number of carbonyl (C=O) groups is 1. The number of esters is 1. The normalized spacial score (nSPS) is 10.6. The number of hydrogen-bond donors (Lipinski definition) is 0. The van der Waals surface area contributed by atoms with Gasteiger partial charge in [-0.25, -0.2) is 9.37 Å². The lowest BCUT2D eigenvalue weighted by Crippen LogP contribution is -2.11. The van der Waals surface area contributed by atoms with E-state index in [2.05, 4.69) is 10.1 Å². The van der Waals surface area contributed by atoms with E-state index in [1.165, 1.54) is 16.8 Å². The Balaban J connectivity index is 2.26. The maximum atomic E-state index is 13.4. The van der Waals surface area contributed by atoms with Crippen LogP contribution in [-0.2, 0) is 23.0 Å². The molecule has 0 amide bonds. The van der Waals surface area contributed by atoms with E-state index in [1.807, 2.05) is 0 Å². The van der Waals surface area contributed by atoms with Gasteiger partial charge in [0.25, 0.3) is 0 Å². The molecular weight excluding hydrogens is 285 g/mol. The standard InChI is InChI=1S/C13H13ClFN3O2/c1-3-20-12(19)7-11-16-13(17-18(11)2)8-4-5-9(14)10(15)6-8/h4-6H,3,7H2,1-2H3. The van der Waals surface area contributed by atoms with Crippen LogP contribution in [0.4, 0.5) is 4.39 Å². The molecule has 7 heteroatoms. The number of rotatable bonds is 4. The molecule has 106 valence electrons. The quantitative estimate of drug-likeness (QED) is 0.813. The average Bonchev–Trinajstić information content (AvgIpc) is 2.74. The molecule has 5 nitrogen and oxygen atoms in total. The molecule has 0 aliphatic rings. The Morgan fingerprint density at radius 1 is 1.50 bits per heavy atom. The zero-order valence-electron chi connectivity index (χ0n) is 11.1. The van der Waals surface area contributed by atoms with E-state index in [4.69, 9.17) is 16.3 Å². The first-order valence-corrected chi connectivity index (χ1v) is 6.40. The minimum Gasteiger partial charge on any atom is -0.466 e. The lowest BCUT2D eigenvalue weighted by Gasteiger charge is -1.99. The second kappa shape index (κ2) is 6.00. The van der Waals surface area contributed by atoms with Crippen LogP contribution >= 0.6 is 11.6 Å². The second-order valence-corrected chi connectivity index (χ2v) is 4.49. The van der Waals surface area contributed by atoms with E-state index >= 15 is 0 Å². The van der Waals surface area contributed by atoms with E-state index in [-0.39, 0.29) is 17.4 Å². The van der Waals surface area contributed by atoms with Crippen molar-refractivity contribution in [2.75, 3.05) is 6.61 Å². The van der Waals surface area contributed by atoms with Gasteiger partial charge in [-0.1, -0.05) is 11.6 Å². The van der Waals surface area contributed by atoms with Crippen molar-refractivity contribution in [3.05, 3.63) is 34.9 Å². The maximum Gasteiger partial charge on any atom is 0.313 e. The molecule has 0 saturated heterocycles. The highest BCUT2D eigenvalue weighted by atomic mass is 35.5. The monoisotopic (exact) mass is 297 g/mol. The number of nitrogens with zero attached hydrogens (tertiary/aromatic N) is 3. The Morgan fingerprint density at radius 2 is 2.25 bits per heavy atom. The molecule has 0 spiro atoms. The van der Waals surface area contributed by atoms with Crippen molar-refractivity contribution in [2.24, 2.45) is 7.05 Å². The Hall–Kier alpha value is -1.95. The highest BCUT2D eigenvalue weighted by molar-refractivity contribution is 6.30. The van der Waals surface area contributed by atoms with Crippen LogP contribution in [0, 0.1) is 5.82 Å². The van der Waals surface area contributed by atoms with E-state index in [1.54, 1.807) is 20.0 Å². The third kappa shape index (κ3) is 3.14. The van der Waals surface area contributed by atoms with Crippen molar-refractivity contribution in [1.29, 1.82) is 0 Å². The predicted octanol–water partition coefficient (Wildman–Crippen LogP) is 2.38. The lowest BCUT2D eigenvalue weighted by molar-refractivity contribution is -0.142. The summed E-state index contributed by atoms with van der Waals surface area (Å²) in [4.78, 5) is 15.6. The highest BCUT2D eigenvalue weighted by Gasteiger charge is 2.14. The average molecular weight is 298 g/mol. The Bertz CT molecular complexity index is 643. The Kier molecular flexibility index (Phi) is 4.34. The van der Waals surface area contributed by atoms with Crippen LogP contribution < -0.4 is 0 Å². The number of carbonyl (C=O) groups excluding carboxylic acids is 1. The number of benzene rings is 1. The van der Waals surface area contributed by atoms with Gasteiger partial charge in [0.2, 0.25) is 0 Å². The summed E-state index contributed by atoms with van der Waals surface area (Å²) in [6.07, 6.45) is 0.0212. The number of halogens is 2. The molecule has 1 heterocycles. The van der Waals surface area contributed by atoms with Gasteiger partial charge in [-0.2, -0.15) is 5.10 Å². The van der Waals surface area contributed by atoms with Crippen molar-refractivity contribution in [2.45, 2.75) is 13.3 Å². The van der Waals surface area contributed by atoms with E-state index in [0.29, 0.717) is 23.8 Å². The van der Waals surface area contributed by atoms with Crippen LogP contribution in [0.15, 0.2) is 18.2 Å². The Morgan fingerprint density at radius 3 is 2.90 bits per heavy atom. The molecule has 1 aromatic carbocycles. The molecular formula is C13H13ClFN3O2. The molecule has 20 heavy (non-hydrogen) atoms. The maximum absolute atomic E-state index is 13.4. The topological polar surface area (TPSA) is 57.0 Å².